The van der Waals surface area contributed by atoms with Crippen molar-refractivity contribution in [1.82, 2.24) is 0 Å². The minimum absolute atomic E-state index is 0.0569. The highest BCUT2D eigenvalue weighted by Gasteiger charge is 2.16. The van der Waals surface area contributed by atoms with Gasteiger partial charge in [0, 0.05) is 8.95 Å². The van der Waals surface area contributed by atoms with Crippen LogP contribution in [0.15, 0.2) is 45.3 Å². The van der Waals surface area contributed by atoms with E-state index >= 15 is 0 Å². The fourth-order valence-electron chi connectivity index (χ4n) is 1.49. The number of hydrogen-bond acceptors (Lipinski definition) is 1. The van der Waals surface area contributed by atoms with Gasteiger partial charge in [-0.3, -0.25) is 4.79 Å². The largest absolute Gasteiger partial charge is 0.320 e. The van der Waals surface area contributed by atoms with E-state index in [1.807, 2.05) is 0 Å². The van der Waals surface area contributed by atoms with E-state index in [-0.39, 0.29) is 5.56 Å². The second-order valence-corrected chi connectivity index (χ2v) is 5.85. The lowest BCUT2D eigenvalue weighted by Gasteiger charge is -2.09. The number of anilines is 1. The molecule has 0 unspecified atom stereocenters. The number of carbonyl (C=O) groups excluding carboxylic acids is 1. The Labute approximate surface area is 131 Å². The quantitative estimate of drug-likeness (QED) is 0.723. The molecule has 0 fully saturated rings. The Balaban J connectivity index is 2.34. The van der Waals surface area contributed by atoms with Gasteiger partial charge in [-0.15, -0.1) is 0 Å². The molecule has 0 bridgehead atoms. The number of amides is 1. The first-order valence-corrected chi connectivity index (χ1v) is 7.16. The van der Waals surface area contributed by atoms with Crippen molar-refractivity contribution in [3.63, 3.8) is 0 Å². The molecule has 0 heterocycles. The predicted octanol–water partition coefficient (Wildman–Crippen LogP) is 5.26. The van der Waals surface area contributed by atoms with Crippen molar-refractivity contribution >= 4 is 55.1 Å². The molecule has 2 aromatic carbocycles. The molecule has 0 aromatic heterocycles. The summed E-state index contributed by atoms with van der Waals surface area (Å²) < 4.78 is 14.8. The highest BCUT2D eigenvalue weighted by molar-refractivity contribution is 9.10. The van der Waals surface area contributed by atoms with Gasteiger partial charge in [-0.2, -0.15) is 0 Å². The Morgan fingerprint density at radius 1 is 1.21 bits per heavy atom. The third-order valence-electron chi connectivity index (χ3n) is 2.37. The molecular formula is C13H7Br2ClFNO. The molecule has 0 saturated heterocycles. The molecule has 0 atom stereocenters. The van der Waals surface area contributed by atoms with Gasteiger partial charge >= 0.3 is 0 Å². The molecule has 0 spiro atoms. The molecule has 2 aromatic rings. The zero-order valence-corrected chi connectivity index (χ0v) is 13.3. The summed E-state index contributed by atoms with van der Waals surface area (Å²) in [7, 11) is 0. The van der Waals surface area contributed by atoms with Crippen molar-refractivity contribution < 1.29 is 9.18 Å². The van der Waals surface area contributed by atoms with Gasteiger partial charge in [0.2, 0.25) is 0 Å². The van der Waals surface area contributed by atoms with Gasteiger partial charge < -0.3 is 5.32 Å². The van der Waals surface area contributed by atoms with Gasteiger partial charge in [0.1, 0.15) is 5.82 Å². The summed E-state index contributed by atoms with van der Waals surface area (Å²) in [6.45, 7) is 0. The monoisotopic (exact) mass is 405 g/mol. The standard InChI is InChI=1S/C13H7Br2ClFNO/c14-7-4-5-9(16)11(6-7)18-13(19)12-8(15)2-1-3-10(12)17/h1-6H,(H,18,19). The van der Waals surface area contributed by atoms with Crippen molar-refractivity contribution in [3.05, 3.63) is 61.7 Å². The fraction of sp³-hybridized carbons (Fsp3) is 0. The van der Waals surface area contributed by atoms with Crippen LogP contribution in [0.4, 0.5) is 10.1 Å². The second-order valence-electron chi connectivity index (χ2n) is 3.67. The minimum atomic E-state index is -0.599. The number of rotatable bonds is 2. The first kappa shape index (κ1) is 14.5. The van der Waals surface area contributed by atoms with E-state index in [2.05, 4.69) is 37.2 Å². The molecule has 1 amide bonds. The number of benzene rings is 2. The van der Waals surface area contributed by atoms with Crippen LogP contribution in [0.25, 0.3) is 0 Å². The summed E-state index contributed by atoms with van der Waals surface area (Å²) in [6, 6.07) is 9.37. The van der Waals surface area contributed by atoms with Crippen molar-refractivity contribution in [2.45, 2.75) is 0 Å². The Morgan fingerprint density at radius 3 is 2.63 bits per heavy atom. The molecule has 0 radical (unpaired) electrons. The van der Waals surface area contributed by atoms with E-state index in [9.17, 15) is 9.18 Å². The van der Waals surface area contributed by atoms with Gasteiger partial charge in [0.15, 0.2) is 0 Å². The third-order valence-corrected chi connectivity index (χ3v) is 3.85. The zero-order valence-electron chi connectivity index (χ0n) is 9.38. The van der Waals surface area contributed by atoms with Gasteiger partial charge in [-0.25, -0.2) is 4.39 Å². The number of carbonyl (C=O) groups is 1. The van der Waals surface area contributed by atoms with Crippen molar-refractivity contribution in [1.29, 1.82) is 0 Å². The van der Waals surface area contributed by atoms with E-state index in [4.69, 9.17) is 11.6 Å². The second kappa shape index (κ2) is 6.03. The average molecular weight is 407 g/mol. The summed E-state index contributed by atoms with van der Waals surface area (Å²) in [4.78, 5) is 12.1. The van der Waals surface area contributed by atoms with Crippen LogP contribution in [0.3, 0.4) is 0 Å². The summed E-state index contributed by atoms with van der Waals surface area (Å²) >= 11 is 12.4. The maximum absolute atomic E-state index is 13.7. The van der Waals surface area contributed by atoms with E-state index in [1.54, 1.807) is 24.3 Å². The van der Waals surface area contributed by atoms with Crippen LogP contribution in [-0.4, -0.2) is 5.91 Å². The molecule has 98 valence electrons. The lowest BCUT2D eigenvalue weighted by Crippen LogP contribution is -2.14. The molecule has 0 aliphatic rings. The molecular weight excluding hydrogens is 400 g/mol. The molecule has 0 aliphatic heterocycles. The van der Waals surface area contributed by atoms with Crippen LogP contribution < -0.4 is 5.32 Å². The number of nitrogens with one attached hydrogen (secondary N) is 1. The van der Waals surface area contributed by atoms with E-state index in [0.29, 0.717) is 15.2 Å². The normalized spacial score (nSPS) is 10.3. The van der Waals surface area contributed by atoms with Gasteiger partial charge in [-0.05, 0) is 46.3 Å². The Hall–Kier alpha value is -0.910. The maximum Gasteiger partial charge on any atom is 0.259 e. The zero-order chi connectivity index (χ0) is 14.0. The third kappa shape index (κ3) is 3.35. The van der Waals surface area contributed by atoms with Crippen LogP contribution in [0.5, 0.6) is 0 Å². The van der Waals surface area contributed by atoms with Crippen LogP contribution in [0.1, 0.15) is 10.4 Å². The van der Waals surface area contributed by atoms with Crippen LogP contribution in [0.2, 0.25) is 5.02 Å². The van der Waals surface area contributed by atoms with E-state index in [0.717, 1.165) is 4.47 Å². The maximum atomic E-state index is 13.7. The fourth-order valence-corrected chi connectivity index (χ4v) is 2.54. The van der Waals surface area contributed by atoms with Gasteiger partial charge in [0.25, 0.3) is 5.91 Å². The highest BCUT2D eigenvalue weighted by atomic mass is 79.9. The molecule has 2 nitrogen and oxygen atoms in total. The van der Waals surface area contributed by atoms with Crippen LogP contribution >= 0.6 is 43.5 Å². The average Bonchev–Trinajstić information content (AvgIpc) is 2.33. The molecule has 6 heteroatoms. The highest BCUT2D eigenvalue weighted by Crippen LogP contribution is 2.27. The van der Waals surface area contributed by atoms with Gasteiger partial charge in [0.05, 0.1) is 16.3 Å². The number of halogens is 4. The smallest absolute Gasteiger partial charge is 0.259 e. The topological polar surface area (TPSA) is 29.1 Å². The van der Waals surface area contributed by atoms with E-state index in [1.165, 1.54) is 12.1 Å². The first-order chi connectivity index (χ1) is 8.99. The molecule has 19 heavy (non-hydrogen) atoms. The SMILES string of the molecule is O=C(Nc1cc(Br)ccc1Cl)c1c(F)cccc1Br. The summed E-state index contributed by atoms with van der Waals surface area (Å²) in [6.07, 6.45) is 0. The first-order valence-electron chi connectivity index (χ1n) is 5.19. The van der Waals surface area contributed by atoms with E-state index < -0.39 is 11.7 Å². The Morgan fingerprint density at radius 2 is 1.95 bits per heavy atom. The minimum Gasteiger partial charge on any atom is -0.320 e. The van der Waals surface area contributed by atoms with Crippen molar-refractivity contribution in [2.24, 2.45) is 0 Å². The van der Waals surface area contributed by atoms with Crippen molar-refractivity contribution in [2.75, 3.05) is 5.32 Å². The molecule has 0 saturated carbocycles. The Bertz CT molecular complexity index is 628. The van der Waals surface area contributed by atoms with Crippen molar-refractivity contribution in [3.8, 4) is 0 Å². The molecule has 0 aliphatic carbocycles. The molecule has 2 rings (SSSR count). The Kier molecular flexibility index (Phi) is 4.60. The summed E-state index contributed by atoms with van der Waals surface area (Å²) in [5.41, 5.74) is 0.356. The van der Waals surface area contributed by atoms with Crippen LogP contribution in [0, 0.1) is 5.82 Å². The number of hydrogen-bond donors (Lipinski definition) is 1. The van der Waals surface area contributed by atoms with Crippen LogP contribution in [-0.2, 0) is 0 Å². The summed E-state index contributed by atoms with van der Waals surface area (Å²) in [5, 5.41) is 2.96. The summed E-state index contributed by atoms with van der Waals surface area (Å²) in [5.74, 6) is -1.16. The predicted molar refractivity (Wildman–Crippen MR) is 81.2 cm³/mol. The lowest BCUT2D eigenvalue weighted by atomic mass is 10.2. The lowest BCUT2D eigenvalue weighted by molar-refractivity contribution is 0.102. The molecule has 1 N–H and O–H groups in total. The van der Waals surface area contributed by atoms with Gasteiger partial charge in [-0.1, -0.05) is 33.6 Å².